The fourth-order valence-corrected chi connectivity index (χ4v) is 5.03. The zero-order valence-electron chi connectivity index (χ0n) is 19.6. The highest BCUT2D eigenvalue weighted by atomic mass is 19.1. The molecule has 1 fully saturated rings. The number of carbonyl (C=O) groups is 1. The van der Waals surface area contributed by atoms with Crippen LogP contribution in [0.1, 0.15) is 40.4 Å². The Kier molecular flexibility index (Phi) is 6.82. The van der Waals surface area contributed by atoms with Crippen LogP contribution in [-0.2, 0) is 6.54 Å². The summed E-state index contributed by atoms with van der Waals surface area (Å²) in [5.74, 6) is -0.320. The molecule has 0 radical (unpaired) electrons. The molecule has 0 unspecified atom stereocenters. The molecule has 2 heterocycles. The summed E-state index contributed by atoms with van der Waals surface area (Å²) < 4.78 is 21.6. The van der Waals surface area contributed by atoms with E-state index in [4.69, 9.17) is 4.74 Å². The van der Waals surface area contributed by atoms with E-state index in [-0.39, 0.29) is 11.4 Å². The second-order valence-corrected chi connectivity index (χ2v) is 9.11. The first-order chi connectivity index (χ1) is 17.1. The Bertz CT molecular complexity index is 1310. The van der Waals surface area contributed by atoms with Crippen LogP contribution < -0.4 is 4.74 Å². The number of aromatic nitrogens is 1. The van der Waals surface area contributed by atoms with Crippen molar-refractivity contribution in [3.05, 3.63) is 102 Å². The third-order valence-corrected chi connectivity index (χ3v) is 6.88. The maximum Gasteiger partial charge on any atom is 0.339 e. The molecule has 5 rings (SSSR count). The van der Waals surface area contributed by atoms with E-state index in [1.807, 2.05) is 12.1 Å². The molecule has 1 aromatic heterocycles. The summed E-state index contributed by atoms with van der Waals surface area (Å²) in [7, 11) is 0. The number of likely N-dealkylation sites (tertiary alicyclic amines) is 1. The lowest BCUT2D eigenvalue weighted by atomic mass is 9.93. The van der Waals surface area contributed by atoms with Crippen LogP contribution in [0.3, 0.4) is 0 Å². The second kappa shape index (κ2) is 10.3. The lowest BCUT2D eigenvalue weighted by Gasteiger charge is -2.32. The molecule has 1 aliphatic rings. The van der Waals surface area contributed by atoms with Gasteiger partial charge in [-0.1, -0.05) is 42.5 Å². The normalized spacial score (nSPS) is 14.9. The van der Waals surface area contributed by atoms with Crippen molar-refractivity contribution < 1.29 is 19.0 Å². The summed E-state index contributed by atoms with van der Waals surface area (Å²) in [6.45, 7) is 3.87. The van der Waals surface area contributed by atoms with Gasteiger partial charge in [0.25, 0.3) is 0 Å². The van der Waals surface area contributed by atoms with E-state index < -0.39 is 5.97 Å². The maximum absolute atomic E-state index is 13.4. The van der Waals surface area contributed by atoms with Gasteiger partial charge in [-0.15, -0.1) is 0 Å². The third kappa shape index (κ3) is 5.23. The zero-order valence-corrected chi connectivity index (χ0v) is 19.6. The van der Waals surface area contributed by atoms with E-state index in [9.17, 15) is 14.3 Å². The number of rotatable bonds is 8. The molecule has 1 N–H and O–H groups in total. The van der Waals surface area contributed by atoms with Crippen molar-refractivity contribution in [2.24, 2.45) is 0 Å². The Hall–Kier alpha value is -3.64. The summed E-state index contributed by atoms with van der Waals surface area (Å²) in [5.41, 5.74) is 3.83. The predicted octanol–water partition coefficient (Wildman–Crippen LogP) is 5.79. The molecule has 0 aliphatic carbocycles. The number of hydrogen-bond acceptors (Lipinski definition) is 3. The smallest absolute Gasteiger partial charge is 0.339 e. The van der Waals surface area contributed by atoms with Crippen molar-refractivity contribution in [1.82, 2.24) is 9.47 Å². The van der Waals surface area contributed by atoms with E-state index >= 15 is 0 Å². The summed E-state index contributed by atoms with van der Waals surface area (Å²) in [6, 6.07) is 24.3. The molecule has 180 valence electrons. The Morgan fingerprint density at radius 1 is 0.971 bits per heavy atom. The highest BCUT2D eigenvalue weighted by Crippen LogP contribution is 2.33. The molecule has 0 bridgehead atoms. The molecule has 35 heavy (non-hydrogen) atoms. The van der Waals surface area contributed by atoms with Crippen molar-refractivity contribution in [2.45, 2.75) is 25.3 Å². The first kappa shape index (κ1) is 23.1. The van der Waals surface area contributed by atoms with E-state index in [1.54, 1.807) is 24.3 Å². The first-order valence-corrected chi connectivity index (χ1v) is 12.1. The summed E-state index contributed by atoms with van der Waals surface area (Å²) in [6.07, 6.45) is 2.09. The van der Waals surface area contributed by atoms with Crippen LogP contribution >= 0.6 is 0 Å². The molecule has 0 saturated carbocycles. The van der Waals surface area contributed by atoms with Gasteiger partial charge in [-0.2, -0.15) is 0 Å². The van der Waals surface area contributed by atoms with Crippen molar-refractivity contribution in [3.63, 3.8) is 0 Å². The molecule has 3 aromatic carbocycles. The van der Waals surface area contributed by atoms with Gasteiger partial charge < -0.3 is 14.4 Å². The van der Waals surface area contributed by atoms with Gasteiger partial charge in [0.15, 0.2) is 0 Å². The highest BCUT2D eigenvalue weighted by molar-refractivity contribution is 5.90. The highest BCUT2D eigenvalue weighted by Gasteiger charge is 2.24. The first-order valence-electron chi connectivity index (χ1n) is 12.1. The van der Waals surface area contributed by atoms with Crippen LogP contribution in [0.5, 0.6) is 5.75 Å². The summed E-state index contributed by atoms with van der Waals surface area (Å²) in [4.78, 5) is 13.8. The quantitative estimate of drug-likeness (QED) is 0.353. The molecule has 0 spiro atoms. The number of benzene rings is 3. The molecule has 0 amide bonds. The number of aromatic carboxylic acids is 1. The van der Waals surface area contributed by atoms with Gasteiger partial charge in [0.1, 0.15) is 23.7 Å². The van der Waals surface area contributed by atoms with E-state index in [0.717, 1.165) is 44.6 Å². The van der Waals surface area contributed by atoms with Crippen LogP contribution in [0.15, 0.2) is 78.9 Å². The molecule has 6 heteroatoms. The van der Waals surface area contributed by atoms with E-state index in [0.29, 0.717) is 18.3 Å². The summed E-state index contributed by atoms with van der Waals surface area (Å²) in [5, 5.41) is 10.6. The van der Waals surface area contributed by atoms with Gasteiger partial charge in [0, 0.05) is 30.2 Å². The minimum absolute atomic E-state index is 0.195. The van der Waals surface area contributed by atoms with Crippen molar-refractivity contribution in [3.8, 4) is 5.75 Å². The van der Waals surface area contributed by atoms with Crippen LogP contribution in [0.25, 0.3) is 10.9 Å². The Morgan fingerprint density at radius 3 is 2.46 bits per heavy atom. The average molecular weight is 473 g/mol. The number of halogens is 1. The lowest BCUT2D eigenvalue weighted by molar-refractivity contribution is 0.0691. The maximum atomic E-state index is 13.4. The van der Waals surface area contributed by atoms with Crippen LogP contribution in [0, 0.1) is 5.82 Å². The van der Waals surface area contributed by atoms with E-state index in [1.165, 1.54) is 28.7 Å². The molecule has 1 aliphatic heterocycles. The topological polar surface area (TPSA) is 54.7 Å². The van der Waals surface area contributed by atoms with Crippen molar-refractivity contribution in [2.75, 3.05) is 26.2 Å². The van der Waals surface area contributed by atoms with Gasteiger partial charge in [0.2, 0.25) is 0 Å². The van der Waals surface area contributed by atoms with Crippen molar-refractivity contribution >= 4 is 16.9 Å². The fourth-order valence-electron chi connectivity index (χ4n) is 5.03. The van der Waals surface area contributed by atoms with Gasteiger partial charge in [0.05, 0.1) is 0 Å². The van der Waals surface area contributed by atoms with Gasteiger partial charge in [-0.25, -0.2) is 9.18 Å². The molecule has 4 aromatic rings. The average Bonchev–Trinajstić information content (AvgIpc) is 3.24. The van der Waals surface area contributed by atoms with Gasteiger partial charge in [-0.3, -0.25) is 4.90 Å². The third-order valence-electron chi connectivity index (χ3n) is 6.88. The van der Waals surface area contributed by atoms with Crippen LogP contribution in [-0.4, -0.2) is 46.8 Å². The number of piperidine rings is 1. The zero-order chi connectivity index (χ0) is 24.2. The Labute approximate surface area is 204 Å². The largest absolute Gasteiger partial charge is 0.491 e. The fraction of sp³-hybridized carbons (Fsp3) is 0.276. The number of fused-ring (bicyclic) bond motifs is 1. The SMILES string of the molecule is O=C(O)c1ccccc1OCCN1CCC(c2cc3ccccc3n2Cc2ccc(F)cc2)CC1. The van der Waals surface area contributed by atoms with Gasteiger partial charge >= 0.3 is 5.97 Å². The van der Waals surface area contributed by atoms with Gasteiger partial charge in [-0.05, 0) is 73.3 Å². The molecule has 5 nitrogen and oxygen atoms in total. The minimum Gasteiger partial charge on any atom is -0.491 e. The minimum atomic E-state index is -0.975. The Balaban J connectivity index is 1.24. The number of ether oxygens (including phenoxy) is 1. The number of carboxylic acids is 1. The monoisotopic (exact) mass is 472 g/mol. The lowest BCUT2D eigenvalue weighted by Crippen LogP contribution is -2.36. The number of nitrogens with zero attached hydrogens (tertiary/aromatic N) is 2. The van der Waals surface area contributed by atoms with Crippen LogP contribution in [0.4, 0.5) is 4.39 Å². The molecule has 0 atom stereocenters. The van der Waals surface area contributed by atoms with Crippen LogP contribution in [0.2, 0.25) is 0 Å². The number of hydrogen-bond donors (Lipinski definition) is 1. The standard InChI is InChI=1S/C29H29FN2O3/c30-24-11-9-21(10-12-24)20-32-26-7-3-1-5-23(26)19-27(32)22-13-15-31(16-14-22)17-18-35-28-8-4-2-6-25(28)29(33)34/h1-12,19,22H,13-18,20H2,(H,33,34). The second-order valence-electron chi connectivity index (χ2n) is 9.11. The Morgan fingerprint density at radius 2 is 1.69 bits per heavy atom. The predicted molar refractivity (Wildman–Crippen MR) is 135 cm³/mol. The van der Waals surface area contributed by atoms with E-state index in [2.05, 4.69) is 39.8 Å². The summed E-state index contributed by atoms with van der Waals surface area (Å²) >= 11 is 0. The number of para-hydroxylation sites is 2. The molecular weight excluding hydrogens is 443 g/mol. The van der Waals surface area contributed by atoms with Crippen molar-refractivity contribution in [1.29, 1.82) is 0 Å². The number of carboxylic acid groups (broad SMARTS) is 1. The molecular formula is C29H29FN2O3. The molecule has 1 saturated heterocycles.